The van der Waals surface area contributed by atoms with Gasteiger partial charge in [0.25, 0.3) is 0 Å². The van der Waals surface area contributed by atoms with E-state index in [0.717, 1.165) is 54.0 Å². The van der Waals surface area contributed by atoms with E-state index in [1.165, 1.54) is 158 Å². The van der Waals surface area contributed by atoms with Gasteiger partial charge in [-0.15, -0.1) is 45.3 Å². The normalized spacial score (nSPS) is 12.1. The number of para-hydroxylation sites is 2. The fraction of sp³-hybridized carbons (Fsp3) is 0. The summed E-state index contributed by atoms with van der Waals surface area (Å²) in [6.45, 7) is 0. The summed E-state index contributed by atoms with van der Waals surface area (Å²) in [6, 6.07) is 109. The van der Waals surface area contributed by atoms with E-state index in [1.54, 1.807) is 22.7 Å². The number of nitrogens with zero attached hydrogens (tertiary/aromatic N) is 5. The molecule has 0 bridgehead atoms. The van der Waals surface area contributed by atoms with Crippen LogP contribution in [0.1, 0.15) is 0 Å². The van der Waals surface area contributed by atoms with Crippen LogP contribution in [0.5, 0.6) is 0 Å². The van der Waals surface area contributed by atoms with Crippen LogP contribution in [0.25, 0.3) is 218 Å². The van der Waals surface area contributed by atoms with Crippen LogP contribution in [0.15, 0.2) is 303 Å². The molecule has 480 valence electrons. The lowest BCUT2D eigenvalue weighted by Gasteiger charge is -2.13. The molecule has 0 unspecified atom stereocenters. The van der Waals surface area contributed by atoms with E-state index >= 15 is 0 Å². The molecule has 8 aromatic heterocycles. The van der Waals surface area contributed by atoms with E-state index in [0.29, 0.717) is 5.95 Å². The summed E-state index contributed by atoms with van der Waals surface area (Å²) in [7, 11) is 0. The summed E-state index contributed by atoms with van der Waals surface area (Å²) < 4.78 is 10.1. The van der Waals surface area contributed by atoms with Gasteiger partial charge in [-0.2, -0.15) is 0 Å². The Bertz CT molecular complexity index is 7640. The van der Waals surface area contributed by atoms with Crippen molar-refractivity contribution in [3.63, 3.8) is 0 Å². The SMILES string of the molecule is Clc1nc(-c2ccc3c(ccc4ccccc43)c2)c2c(n1)sc1ccccc12.c1ccc2c(c1)[nH]c1c3ccccc3c3sc4ccccc4c3c21.c1ccc2c(c1)ccc1cc(-c3nc(-n4c5ccccc5c5c6c7ccccc7sc6c6ccccc6c54)nc4sc5ccccc5c34)ccc12. The fourth-order valence-electron chi connectivity index (χ4n) is 16.4. The Kier molecular flexibility index (Phi) is 13.1. The molecule has 16 aromatic carbocycles. The molecule has 0 spiro atoms. The van der Waals surface area contributed by atoms with Crippen LogP contribution < -0.4 is 0 Å². The largest absolute Gasteiger partial charge is 0.354 e. The van der Waals surface area contributed by atoms with Gasteiger partial charge in [0.1, 0.15) is 9.66 Å². The molecule has 0 saturated heterocycles. The predicted molar refractivity (Wildman–Crippen MR) is 447 cm³/mol. The summed E-state index contributed by atoms with van der Waals surface area (Å²) in [5, 5.41) is 30.4. The number of halogens is 1. The standard InChI is InChI=1S/C46H25N3S2.C24H13ClN2S.C22H13NS/c1-2-12-29-26(11-1)21-22-27-25-28(23-24-30(27)29)42-41-35-17-7-10-20-38(35)51-45(41)48-46(47-42)49-36-18-8-5-15-33(36)39-40-34-16-6-9-19-37(34)50-44(40)32-14-4-3-13-31(32)43(39)49;25-24-26-22(21-19-7-3-4-8-20(19)28-23(21)27-24)16-11-12-18-15(13-16)10-9-14-5-1-2-6-17(14)18;1-2-8-14-13(7-1)21-19(15-9-3-5-11-17(15)23-21)20-16-10-4-6-12-18(16)24-22(14)20/h1-25H;1-13H;1-12,23H. The van der Waals surface area contributed by atoms with Crippen molar-refractivity contribution in [3.05, 3.63) is 309 Å². The number of hydrogen-bond donors (Lipinski definition) is 1. The first-order valence-electron chi connectivity index (χ1n) is 34.4. The lowest BCUT2D eigenvalue weighted by Crippen LogP contribution is -2.03. The molecule has 0 radical (unpaired) electrons. The summed E-state index contributed by atoms with van der Waals surface area (Å²) in [6.07, 6.45) is 0. The van der Waals surface area contributed by atoms with Crippen molar-refractivity contribution in [2.75, 3.05) is 0 Å². The average molecular weight is 1400 g/mol. The van der Waals surface area contributed by atoms with Crippen molar-refractivity contribution in [2.24, 2.45) is 0 Å². The molecule has 0 aliphatic carbocycles. The van der Waals surface area contributed by atoms with Crippen LogP contribution in [0.2, 0.25) is 5.28 Å². The fourth-order valence-corrected chi connectivity index (χ4v) is 21.2. The minimum Gasteiger partial charge on any atom is -0.354 e. The highest BCUT2D eigenvalue weighted by Crippen LogP contribution is 2.51. The zero-order valence-corrected chi connectivity index (χ0v) is 58.6. The van der Waals surface area contributed by atoms with E-state index in [2.05, 4.69) is 317 Å². The van der Waals surface area contributed by atoms with Gasteiger partial charge < -0.3 is 4.98 Å². The number of aromatic amines is 1. The maximum atomic E-state index is 6.28. The number of nitrogens with one attached hydrogen (secondary N) is 1. The van der Waals surface area contributed by atoms with Crippen molar-refractivity contribution in [1.82, 2.24) is 29.5 Å². The van der Waals surface area contributed by atoms with Crippen molar-refractivity contribution >= 4 is 246 Å². The van der Waals surface area contributed by atoms with E-state index < -0.39 is 0 Å². The summed E-state index contributed by atoms with van der Waals surface area (Å²) in [5.74, 6) is 0.693. The molecular formula is C92H51ClN6S4. The van der Waals surface area contributed by atoms with Gasteiger partial charge >= 0.3 is 0 Å². The zero-order valence-electron chi connectivity index (χ0n) is 54.6. The first-order chi connectivity index (χ1) is 51.0. The number of fused-ring (bicyclic) bond motifs is 32. The van der Waals surface area contributed by atoms with E-state index in [4.69, 9.17) is 21.6 Å². The van der Waals surface area contributed by atoms with Crippen LogP contribution >= 0.6 is 56.9 Å². The van der Waals surface area contributed by atoms with Crippen LogP contribution in [0.3, 0.4) is 0 Å². The van der Waals surface area contributed by atoms with Gasteiger partial charge in [0.15, 0.2) is 0 Å². The Labute approximate surface area is 607 Å². The van der Waals surface area contributed by atoms with Crippen LogP contribution in [0, 0.1) is 0 Å². The molecule has 1 N–H and O–H groups in total. The van der Waals surface area contributed by atoms with Crippen LogP contribution in [0.4, 0.5) is 0 Å². The lowest BCUT2D eigenvalue weighted by molar-refractivity contribution is 1.02. The number of rotatable bonds is 3. The summed E-state index contributed by atoms with van der Waals surface area (Å²) in [5.41, 5.74) is 8.72. The van der Waals surface area contributed by atoms with Gasteiger partial charge in [0.2, 0.25) is 11.2 Å². The minimum absolute atomic E-state index is 0.285. The number of benzene rings is 16. The van der Waals surface area contributed by atoms with Crippen LogP contribution in [-0.4, -0.2) is 29.5 Å². The van der Waals surface area contributed by atoms with Gasteiger partial charge in [0.05, 0.1) is 27.9 Å². The van der Waals surface area contributed by atoms with Gasteiger partial charge in [-0.3, -0.25) is 4.57 Å². The van der Waals surface area contributed by atoms with Crippen molar-refractivity contribution < 1.29 is 0 Å². The maximum Gasteiger partial charge on any atom is 0.236 e. The third-order valence-corrected chi connectivity index (χ3v) is 25.5. The number of H-pyrrole nitrogens is 1. The number of aromatic nitrogens is 6. The van der Waals surface area contributed by atoms with E-state index in [9.17, 15) is 0 Å². The second-order valence-electron chi connectivity index (χ2n) is 26.4. The van der Waals surface area contributed by atoms with Gasteiger partial charge in [-0.25, -0.2) is 19.9 Å². The Morgan fingerprint density at radius 2 is 0.689 bits per heavy atom. The second-order valence-corrected chi connectivity index (χ2v) is 30.9. The van der Waals surface area contributed by atoms with E-state index in [-0.39, 0.29) is 5.28 Å². The van der Waals surface area contributed by atoms with Gasteiger partial charge in [0, 0.05) is 131 Å². The second kappa shape index (κ2) is 23.0. The predicted octanol–water partition coefficient (Wildman–Crippen LogP) is 27.7. The highest BCUT2D eigenvalue weighted by Gasteiger charge is 2.26. The monoisotopic (exact) mass is 1400 g/mol. The van der Waals surface area contributed by atoms with E-state index in [1.807, 2.05) is 28.7 Å². The Morgan fingerprint density at radius 1 is 0.282 bits per heavy atom. The lowest BCUT2D eigenvalue weighted by atomic mass is 9.98. The van der Waals surface area contributed by atoms with Gasteiger partial charge in [-0.05, 0) is 103 Å². The maximum absolute atomic E-state index is 6.28. The average Bonchev–Trinajstić information content (AvgIpc) is 1.54. The Balaban J connectivity index is 0.000000108. The third kappa shape index (κ3) is 9.02. The molecule has 0 fully saturated rings. The number of hydrogen-bond acceptors (Lipinski definition) is 8. The molecule has 103 heavy (non-hydrogen) atoms. The highest BCUT2D eigenvalue weighted by atomic mass is 35.5. The summed E-state index contributed by atoms with van der Waals surface area (Å²) in [4.78, 5) is 25.7. The minimum atomic E-state index is 0.285. The Morgan fingerprint density at radius 3 is 1.27 bits per heavy atom. The molecule has 11 heteroatoms. The smallest absolute Gasteiger partial charge is 0.236 e. The molecule has 0 atom stereocenters. The summed E-state index contributed by atoms with van der Waals surface area (Å²) >= 11 is 13.5. The first kappa shape index (κ1) is 58.8. The Hall–Kier alpha value is -12.0. The molecule has 8 heterocycles. The quantitative estimate of drug-likeness (QED) is 0.141. The molecule has 0 saturated carbocycles. The van der Waals surface area contributed by atoms with Crippen molar-refractivity contribution in [2.45, 2.75) is 0 Å². The third-order valence-electron chi connectivity index (χ3n) is 20.8. The zero-order chi connectivity index (χ0) is 67.5. The molecule has 0 amide bonds. The first-order valence-corrected chi connectivity index (χ1v) is 38.0. The molecule has 6 nitrogen and oxygen atoms in total. The topological polar surface area (TPSA) is 72.3 Å². The molecule has 0 aliphatic rings. The molecule has 24 aromatic rings. The van der Waals surface area contributed by atoms with Crippen LogP contribution in [-0.2, 0) is 0 Å². The highest BCUT2D eigenvalue weighted by molar-refractivity contribution is 7.28. The molecule has 0 aliphatic heterocycles. The number of thiophene rings is 4. The van der Waals surface area contributed by atoms with Crippen molar-refractivity contribution in [1.29, 1.82) is 0 Å². The molecular weight excluding hydrogens is 1350 g/mol. The van der Waals surface area contributed by atoms with Crippen molar-refractivity contribution in [3.8, 4) is 28.5 Å². The molecule has 24 rings (SSSR count). The van der Waals surface area contributed by atoms with Gasteiger partial charge in [-0.1, -0.05) is 255 Å².